The number of rotatable bonds is 4. The summed E-state index contributed by atoms with van der Waals surface area (Å²) in [7, 11) is 0. The number of nitrogens with one attached hydrogen (secondary N) is 1. The fourth-order valence-corrected chi connectivity index (χ4v) is 7.13. The van der Waals surface area contributed by atoms with Crippen molar-refractivity contribution in [3.63, 3.8) is 0 Å². The summed E-state index contributed by atoms with van der Waals surface area (Å²) >= 11 is 0. The smallest absolute Gasteiger partial charge is 0.0195 e. The lowest BCUT2D eigenvalue weighted by Gasteiger charge is -2.65. The molecule has 5 fully saturated rings. The Morgan fingerprint density at radius 1 is 0.950 bits per heavy atom. The van der Waals surface area contributed by atoms with Gasteiger partial charge in [-0.2, -0.15) is 0 Å². The molecule has 0 amide bonds. The third-order valence-corrected chi connectivity index (χ3v) is 6.75. The second-order valence-electron chi connectivity index (χ2n) is 9.39. The highest BCUT2D eigenvalue weighted by Crippen LogP contribution is 2.66. The first-order valence-electron chi connectivity index (χ1n) is 8.96. The van der Waals surface area contributed by atoms with Gasteiger partial charge in [-0.05, 0) is 81.2 Å². The molecule has 5 aliphatic rings. The molecule has 114 valence electrons. The molecular formula is C18H32N2. The maximum Gasteiger partial charge on any atom is 0.0195 e. The first-order chi connectivity index (χ1) is 9.49. The van der Waals surface area contributed by atoms with Crippen LogP contribution in [0.4, 0.5) is 0 Å². The van der Waals surface area contributed by atoms with Gasteiger partial charge in [0.25, 0.3) is 0 Å². The van der Waals surface area contributed by atoms with E-state index < -0.39 is 0 Å². The Balaban J connectivity index is 1.41. The average molecular weight is 276 g/mol. The van der Waals surface area contributed by atoms with E-state index in [0.29, 0.717) is 16.4 Å². The zero-order chi connectivity index (χ0) is 13.8. The van der Waals surface area contributed by atoms with Crippen LogP contribution in [-0.4, -0.2) is 36.6 Å². The molecule has 4 bridgehead atoms. The summed E-state index contributed by atoms with van der Waals surface area (Å²) in [4.78, 5) is 2.65. The zero-order valence-electron chi connectivity index (χ0n) is 13.5. The Labute approximate surface area is 124 Å². The lowest BCUT2D eigenvalue weighted by atomic mass is 9.43. The summed E-state index contributed by atoms with van der Waals surface area (Å²) in [6, 6.07) is 0. The van der Waals surface area contributed by atoms with Gasteiger partial charge in [-0.25, -0.2) is 0 Å². The van der Waals surface area contributed by atoms with Gasteiger partial charge in [0.05, 0.1) is 0 Å². The molecule has 0 aromatic heterocycles. The van der Waals surface area contributed by atoms with Crippen molar-refractivity contribution in [2.24, 2.45) is 16.7 Å². The van der Waals surface area contributed by atoms with E-state index in [-0.39, 0.29) is 0 Å². The second kappa shape index (κ2) is 4.46. The molecule has 2 unspecified atom stereocenters. The lowest BCUT2D eigenvalue weighted by Crippen LogP contribution is -2.64. The molecule has 4 aliphatic carbocycles. The van der Waals surface area contributed by atoms with Gasteiger partial charge < -0.3 is 10.2 Å². The van der Waals surface area contributed by atoms with E-state index in [1.807, 2.05) is 0 Å². The van der Waals surface area contributed by atoms with Crippen LogP contribution in [0.5, 0.6) is 0 Å². The highest BCUT2D eigenvalue weighted by atomic mass is 15.2. The predicted molar refractivity (Wildman–Crippen MR) is 83.8 cm³/mol. The third-order valence-electron chi connectivity index (χ3n) is 6.75. The maximum absolute atomic E-state index is 4.06. The largest absolute Gasteiger partial charge is 0.310 e. The van der Waals surface area contributed by atoms with Crippen molar-refractivity contribution in [3.05, 3.63) is 0 Å². The SMILES string of the molecule is CC12CC3CC(C)(C1)CC(NCCN1CCCC1)(C3)C2. The zero-order valence-corrected chi connectivity index (χ0v) is 13.5. The molecule has 1 aliphatic heterocycles. The Bertz CT molecular complexity index is 367. The summed E-state index contributed by atoms with van der Waals surface area (Å²) in [6.45, 7) is 10.3. The van der Waals surface area contributed by atoms with E-state index in [4.69, 9.17) is 0 Å². The number of nitrogens with zero attached hydrogens (tertiary/aromatic N) is 1. The van der Waals surface area contributed by atoms with E-state index in [0.717, 1.165) is 5.92 Å². The molecule has 0 aromatic rings. The van der Waals surface area contributed by atoms with E-state index >= 15 is 0 Å². The first-order valence-corrected chi connectivity index (χ1v) is 8.96. The standard InChI is InChI=1S/C18H32N2/c1-16-9-15-10-17(2,12-16)14-18(11-15,13-16)19-5-8-20-6-3-4-7-20/h15,19H,3-14H2,1-2H3. The summed E-state index contributed by atoms with van der Waals surface area (Å²) in [5.41, 5.74) is 1.80. The van der Waals surface area contributed by atoms with Crippen LogP contribution in [0.25, 0.3) is 0 Å². The number of likely N-dealkylation sites (tertiary alicyclic amines) is 1. The molecule has 1 N–H and O–H groups in total. The molecule has 4 saturated carbocycles. The Morgan fingerprint density at radius 3 is 2.20 bits per heavy atom. The second-order valence-corrected chi connectivity index (χ2v) is 9.39. The monoisotopic (exact) mass is 276 g/mol. The van der Waals surface area contributed by atoms with Gasteiger partial charge in [-0.1, -0.05) is 13.8 Å². The number of hydrogen-bond acceptors (Lipinski definition) is 2. The van der Waals surface area contributed by atoms with Gasteiger partial charge in [-0.15, -0.1) is 0 Å². The molecule has 0 aromatic carbocycles. The van der Waals surface area contributed by atoms with Crippen LogP contribution in [0, 0.1) is 16.7 Å². The van der Waals surface area contributed by atoms with Crippen LogP contribution in [0.15, 0.2) is 0 Å². The van der Waals surface area contributed by atoms with E-state index in [2.05, 4.69) is 24.1 Å². The normalized spacial score (nSPS) is 51.0. The fourth-order valence-electron chi connectivity index (χ4n) is 7.13. The summed E-state index contributed by atoms with van der Waals surface area (Å²) in [6.07, 6.45) is 11.7. The van der Waals surface area contributed by atoms with Gasteiger partial charge in [-0.3, -0.25) is 0 Å². The molecule has 2 heteroatoms. The minimum Gasteiger partial charge on any atom is -0.310 e. The van der Waals surface area contributed by atoms with Crippen molar-refractivity contribution in [2.45, 2.75) is 70.8 Å². The molecule has 0 radical (unpaired) electrons. The molecule has 20 heavy (non-hydrogen) atoms. The van der Waals surface area contributed by atoms with Crippen LogP contribution in [-0.2, 0) is 0 Å². The van der Waals surface area contributed by atoms with Crippen LogP contribution < -0.4 is 5.32 Å². The van der Waals surface area contributed by atoms with E-state index in [9.17, 15) is 0 Å². The summed E-state index contributed by atoms with van der Waals surface area (Å²) in [5.74, 6) is 1.01. The number of hydrogen-bond donors (Lipinski definition) is 1. The topological polar surface area (TPSA) is 15.3 Å². The quantitative estimate of drug-likeness (QED) is 0.846. The predicted octanol–water partition coefficient (Wildman–Crippen LogP) is 3.42. The van der Waals surface area contributed by atoms with Gasteiger partial charge in [0, 0.05) is 18.6 Å². The fraction of sp³-hybridized carbons (Fsp3) is 1.00. The Morgan fingerprint density at radius 2 is 1.60 bits per heavy atom. The minimum absolute atomic E-state index is 0.503. The third kappa shape index (κ3) is 2.33. The summed E-state index contributed by atoms with van der Waals surface area (Å²) in [5, 5.41) is 4.06. The van der Waals surface area contributed by atoms with Crippen molar-refractivity contribution in [1.82, 2.24) is 10.2 Å². The van der Waals surface area contributed by atoms with Crippen LogP contribution in [0.3, 0.4) is 0 Å². The average Bonchev–Trinajstić information content (AvgIpc) is 2.76. The first kappa shape index (κ1) is 13.6. The van der Waals surface area contributed by atoms with Crippen molar-refractivity contribution < 1.29 is 0 Å². The van der Waals surface area contributed by atoms with Crippen LogP contribution >= 0.6 is 0 Å². The minimum atomic E-state index is 0.503. The van der Waals surface area contributed by atoms with Crippen molar-refractivity contribution in [3.8, 4) is 0 Å². The Hall–Kier alpha value is -0.0800. The van der Waals surface area contributed by atoms with Crippen LogP contribution in [0.2, 0.25) is 0 Å². The van der Waals surface area contributed by atoms with Gasteiger partial charge in [0.1, 0.15) is 0 Å². The van der Waals surface area contributed by atoms with Crippen molar-refractivity contribution >= 4 is 0 Å². The highest BCUT2D eigenvalue weighted by molar-refractivity contribution is 5.14. The molecule has 1 saturated heterocycles. The molecule has 2 atom stereocenters. The van der Waals surface area contributed by atoms with Gasteiger partial charge in [0.15, 0.2) is 0 Å². The highest BCUT2D eigenvalue weighted by Gasteiger charge is 2.59. The lowest BCUT2D eigenvalue weighted by molar-refractivity contribution is -0.117. The maximum atomic E-state index is 4.06. The molecule has 0 spiro atoms. The molecule has 1 heterocycles. The van der Waals surface area contributed by atoms with E-state index in [1.54, 1.807) is 0 Å². The molecule has 5 rings (SSSR count). The van der Waals surface area contributed by atoms with Gasteiger partial charge >= 0.3 is 0 Å². The van der Waals surface area contributed by atoms with Crippen molar-refractivity contribution in [2.75, 3.05) is 26.2 Å². The molecule has 2 nitrogen and oxygen atoms in total. The molecular weight excluding hydrogens is 244 g/mol. The summed E-state index contributed by atoms with van der Waals surface area (Å²) < 4.78 is 0. The van der Waals surface area contributed by atoms with Crippen LogP contribution in [0.1, 0.15) is 65.2 Å². The van der Waals surface area contributed by atoms with Crippen molar-refractivity contribution in [1.29, 1.82) is 0 Å². The van der Waals surface area contributed by atoms with E-state index in [1.165, 1.54) is 77.5 Å². The Kier molecular flexibility index (Phi) is 3.03. The van der Waals surface area contributed by atoms with Gasteiger partial charge in [0.2, 0.25) is 0 Å².